The highest BCUT2D eigenvalue weighted by Gasteiger charge is 2.31. The molecule has 0 aromatic heterocycles. The van der Waals surface area contributed by atoms with Crippen LogP contribution in [0.1, 0.15) is 195 Å². The topological polar surface area (TPSA) is 0 Å². The molecule has 220 valence electrons. The van der Waals surface area contributed by atoms with Gasteiger partial charge in [0.1, 0.15) is 0 Å². The smallest absolute Gasteiger partial charge is 0.0105 e. The van der Waals surface area contributed by atoms with Crippen molar-refractivity contribution in [3.05, 3.63) is 52.1 Å². The molecule has 3 aliphatic carbocycles. The van der Waals surface area contributed by atoms with Crippen LogP contribution in [0.4, 0.5) is 0 Å². The minimum Gasteiger partial charge on any atom is -0.0866 e. The zero-order valence-corrected chi connectivity index (χ0v) is 27.9. The van der Waals surface area contributed by atoms with Crippen molar-refractivity contribution < 1.29 is 0 Å². The number of benzene rings is 2. The van der Waals surface area contributed by atoms with Gasteiger partial charge in [0.05, 0.1) is 0 Å². The first-order valence-corrected chi connectivity index (χ1v) is 18.5. The van der Waals surface area contributed by atoms with Crippen molar-refractivity contribution in [3.8, 4) is 11.1 Å². The molecule has 0 amide bonds. The highest BCUT2D eigenvalue weighted by Crippen LogP contribution is 2.49. The molecule has 0 aliphatic heterocycles. The number of hydrogen-bond acceptors (Lipinski definition) is 0. The SMILES string of the molecule is CC(C)c1cc(C(C)C)c(-c2cccc(C3CCCCC3)c2C2CCCCC2)c(C(C)C)c1PC1CCCCC1. The molecule has 0 saturated heterocycles. The van der Waals surface area contributed by atoms with Gasteiger partial charge in [-0.15, -0.1) is 0 Å². The second-order valence-electron chi connectivity index (χ2n) is 14.6. The molecule has 3 fully saturated rings. The average molecular weight is 559 g/mol. The third-order valence-electron chi connectivity index (χ3n) is 10.7. The minimum absolute atomic E-state index is 0.537. The van der Waals surface area contributed by atoms with E-state index in [1.165, 1.54) is 96.3 Å². The van der Waals surface area contributed by atoms with Crippen molar-refractivity contribution in [2.75, 3.05) is 0 Å². The van der Waals surface area contributed by atoms with Crippen molar-refractivity contribution >= 4 is 13.9 Å². The number of hydrogen-bond donors (Lipinski definition) is 0. The van der Waals surface area contributed by atoms with E-state index in [0.717, 1.165) is 26.1 Å². The van der Waals surface area contributed by atoms with Crippen molar-refractivity contribution in [3.63, 3.8) is 0 Å². The van der Waals surface area contributed by atoms with Gasteiger partial charge in [-0.2, -0.15) is 0 Å². The van der Waals surface area contributed by atoms with Gasteiger partial charge in [-0.1, -0.05) is 132 Å². The highest BCUT2D eigenvalue weighted by atomic mass is 31.1. The lowest BCUT2D eigenvalue weighted by Gasteiger charge is -2.35. The van der Waals surface area contributed by atoms with E-state index in [1.807, 2.05) is 0 Å². The molecule has 1 unspecified atom stereocenters. The summed E-state index contributed by atoms with van der Waals surface area (Å²) < 4.78 is 0. The van der Waals surface area contributed by atoms with Gasteiger partial charge in [-0.25, -0.2) is 0 Å². The molecule has 2 aromatic carbocycles. The fourth-order valence-electron chi connectivity index (χ4n) is 8.57. The lowest BCUT2D eigenvalue weighted by molar-refractivity contribution is 0.419. The molecule has 1 heteroatoms. The summed E-state index contributed by atoms with van der Waals surface area (Å²) in [5.41, 5.74) is 12.8. The molecule has 0 nitrogen and oxygen atoms in total. The standard InChI is InChI=1S/C39H59P/c1-26(2)34-25-35(27(3)4)39(40-31-21-14-9-15-22-31)36(28(5)6)38(34)33-24-16-23-32(29-17-10-7-11-18-29)37(33)30-19-12-8-13-20-30/h16,23-31,40H,7-15,17-22H2,1-6H3. The molecule has 40 heavy (non-hydrogen) atoms. The van der Waals surface area contributed by atoms with E-state index in [-0.39, 0.29) is 0 Å². The average Bonchev–Trinajstić information content (AvgIpc) is 2.97. The van der Waals surface area contributed by atoms with Crippen LogP contribution in [0.25, 0.3) is 11.1 Å². The predicted octanol–water partition coefficient (Wildman–Crippen LogP) is 12.5. The first kappa shape index (κ1) is 30.3. The molecule has 0 spiro atoms. The Bertz CT molecular complexity index is 1100. The van der Waals surface area contributed by atoms with Crippen LogP contribution in [0.2, 0.25) is 0 Å². The normalized spacial score (nSPS) is 20.5. The van der Waals surface area contributed by atoms with E-state index < -0.39 is 0 Å². The summed E-state index contributed by atoms with van der Waals surface area (Å²) in [7, 11) is 0.973. The highest BCUT2D eigenvalue weighted by molar-refractivity contribution is 7.48. The summed E-state index contributed by atoms with van der Waals surface area (Å²) in [6.45, 7) is 14.8. The van der Waals surface area contributed by atoms with Gasteiger partial charge in [0, 0.05) is 0 Å². The Hall–Kier alpha value is -1.13. The van der Waals surface area contributed by atoms with Crippen LogP contribution < -0.4 is 5.30 Å². The summed E-state index contributed by atoms with van der Waals surface area (Å²) in [5.74, 6) is 3.19. The van der Waals surface area contributed by atoms with Crippen LogP contribution in [0.3, 0.4) is 0 Å². The van der Waals surface area contributed by atoms with E-state index in [9.17, 15) is 0 Å². The quantitative estimate of drug-likeness (QED) is 0.283. The van der Waals surface area contributed by atoms with Gasteiger partial charge in [0.2, 0.25) is 0 Å². The van der Waals surface area contributed by atoms with Gasteiger partial charge in [0.15, 0.2) is 0 Å². The van der Waals surface area contributed by atoms with Gasteiger partial charge >= 0.3 is 0 Å². The van der Waals surface area contributed by atoms with E-state index in [2.05, 4.69) is 65.8 Å². The second kappa shape index (κ2) is 13.9. The largest absolute Gasteiger partial charge is 0.0866 e. The fraction of sp³-hybridized carbons (Fsp3) is 0.692. The Balaban J connectivity index is 1.77. The summed E-state index contributed by atoms with van der Waals surface area (Å²) in [6.07, 6.45) is 21.3. The molecular weight excluding hydrogens is 499 g/mol. The summed E-state index contributed by atoms with van der Waals surface area (Å²) in [4.78, 5) is 0. The molecular formula is C39H59P. The van der Waals surface area contributed by atoms with Crippen LogP contribution in [-0.2, 0) is 0 Å². The maximum Gasteiger partial charge on any atom is -0.0105 e. The third kappa shape index (κ3) is 6.59. The Kier molecular flexibility index (Phi) is 10.5. The maximum atomic E-state index is 2.71. The van der Waals surface area contributed by atoms with Crippen LogP contribution in [0.15, 0.2) is 24.3 Å². The Morgan fingerprint density at radius 3 is 1.70 bits per heavy atom. The molecule has 2 aromatic rings. The van der Waals surface area contributed by atoms with Crippen molar-refractivity contribution in [2.24, 2.45) is 0 Å². The first-order chi connectivity index (χ1) is 19.4. The lowest BCUT2D eigenvalue weighted by atomic mass is 9.71. The zero-order chi connectivity index (χ0) is 28.2. The van der Waals surface area contributed by atoms with Crippen LogP contribution in [-0.4, -0.2) is 5.66 Å². The lowest BCUT2D eigenvalue weighted by Crippen LogP contribution is -2.22. The van der Waals surface area contributed by atoms with Crippen molar-refractivity contribution in [1.29, 1.82) is 0 Å². The molecule has 0 heterocycles. The zero-order valence-electron chi connectivity index (χ0n) is 26.9. The van der Waals surface area contributed by atoms with E-state index in [0.29, 0.717) is 17.8 Å². The third-order valence-corrected chi connectivity index (χ3v) is 12.5. The van der Waals surface area contributed by atoms with Gasteiger partial charge in [0.25, 0.3) is 0 Å². The summed E-state index contributed by atoms with van der Waals surface area (Å²) in [5, 5.41) is 1.77. The van der Waals surface area contributed by atoms with Crippen molar-refractivity contribution in [1.82, 2.24) is 0 Å². The monoisotopic (exact) mass is 558 g/mol. The molecule has 0 radical (unpaired) electrons. The minimum atomic E-state index is 0.537. The molecule has 5 rings (SSSR count). The fourth-order valence-corrected chi connectivity index (χ4v) is 10.8. The number of rotatable bonds is 8. The van der Waals surface area contributed by atoms with Crippen LogP contribution in [0.5, 0.6) is 0 Å². The van der Waals surface area contributed by atoms with Crippen molar-refractivity contribution in [2.45, 2.75) is 173 Å². The second-order valence-corrected chi connectivity index (χ2v) is 16.2. The Morgan fingerprint density at radius 2 is 1.15 bits per heavy atom. The Morgan fingerprint density at radius 1 is 0.600 bits per heavy atom. The molecule has 3 aliphatic rings. The van der Waals surface area contributed by atoms with E-state index in [4.69, 9.17) is 0 Å². The van der Waals surface area contributed by atoms with E-state index in [1.54, 1.807) is 44.2 Å². The molecule has 0 bridgehead atoms. The van der Waals surface area contributed by atoms with E-state index >= 15 is 0 Å². The molecule has 0 N–H and O–H groups in total. The summed E-state index contributed by atoms with van der Waals surface area (Å²) >= 11 is 0. The van der Waals surface area contributed by atoms with Gasteiger partial charge in [-0.3, -0.25) is 0 Å². The van der Waals surface area contributed by atoms with Gasteiger partial charge in [-0.05, 0) is 118 Å². The van der Waals surface area contributed by atoms with Gasteiger partial charge < -0.3 is 0 Å². The first-order valence-electron chi connectivity index (χ1n) is 17.5. The maximum absolute atomic E-state index is 2.71. The van der Waals surface area contributed by atoms with Crippen LogP contribution >= 0.6 is 8.58 Å². The molecule has 3 saturated carbocycles. The van der Waals surface area contributed by atoms with Crippen LogP contribution in [0, 0.1) is 0 Å². The summed E-state index contributed by atoms with van der Waals surface area (Å²) in [6, 6.07) is 10.3. The Labute approximate surface area is 249 Å². The predicted molar refractivity (Wildman–Crippen MR) is 181 cm³/mol. The molecule has 1 atom stereocenters.